The van der Waals surface area contributed by atoms with Gasteiger partial charge in [-0.15, -0.1) is 0 Å². The highest BCUT2D eigenvalue weighted by Gasteiger charge is 2.27. The normalized spacial score (nSPS) is 18.1. The number of nitrogens with zero attached hydrogens (tertiary/aromatic N) is 1. The van der Waals surface area contributed by atoms with Crippen LogP contribution in [0, 0.1) is 6.92 Å². The molecule has 0 spiro atoms. The molecule has 2 aliphatic rings. The Morgan fingerprint density at radius 1 is 1.18 bits per heavy atom. The molecule has 3 heterocycles. The first kappa shape index (κ1) is 21.5. The van der Waals surface area contributed by atoms with E-state index in [2.05, 4.69) is 4.90 Å². The van der Waals surface area contributed by atoms with Crippen molar-refractivity contribution in [2.24, 2.45) is 0 Å². The van der Waals surface area contributed by atoms with E-state index < -0.39 is 5.97 Å². The Morgan fingerprint density at radius 3 is 2.73 bits per heavy atom. The van der Waals surface area contributed by atoms with Gasteiger partial charge in [0.2, 0.25) is 11.2 Å². The smallest absolute Gasteiger partial charge is 0.337 e. The highest BCUT2D eigenvalue weighted by molar-refractivity contribution is 5.89. The SMILES string of the molecule is COC(=O)c1ccc(Oc2c(C)oc3c4c(ccc3c2=O)OCN(CC2CCCO2)C4)cc1. The predicted molar refractivity (Wildman–Crippen MR) is 120 cm³/mol. The van der Waals surface area contributed by atoms with Crippen LogP contribution in [0.5, 0.6) is 17.2 Å². The number of aryl methyl sites for hydroxylation is 1. The largest absolute Gasteiger partial charge is 0.478 e. The molecule has 1 atom stereocenters. The number of ether oxygens (including phenoxy) is 4. The molecule has 8 heteroatoms. The molecule has 1 fully saturated rings. The second kappa shape index (κ2) is 8.88. The van der Waals surface area contributed by atoms with Gasteiger partial charge in [-0.25, -0.2) is 4.79 Å². The van der Waals surface area contributed by atoms with Crippen molar-refractivity contribution in [2.75, 3.05) is 27.0 Å². The highest BCUT2D eigenvalue weighted by Crippen LogP contribution is 2.34. The molecule has 0 bridgehead atoms. The van der Waals surface area contributed by atoms with E-state index in [0.717, 1.165) is 37.3 Å². The number of benzene rings is 2. The Hall–Kier alpha value is -3.36. The van der Waals surface area contributed by atoms with E-state index in [1.54, 1.807) is 37.3 Å². The van der Waals surface area contributed by atoms with Gasteiger partial charge in [0.15, 0.2) is 0 Å². The van der Waals surface area contributed by atoms with Crippen molar-refractivity contribution in [3.63, 3.8) is 0 Å². The average molecular weight is 451 g/mol. The summed E-state index contributed by atoms with van der Waals surface area (Å²) in [5.74, 6) is 1.18. The molecule has 0 aliphatic carbocycles. The second-order valence-corrected chi connectivity index (χ2v) is 8.27. The van der Waals surface area contributed by atoms with Crippen LogP contribution in [0.2, 0.25) is 0 Å². The van der Waals surface area contributed by atoms with Gasteiger partial charge in [0.1, 0.15) is 29.6 Å². The molecule has 5 rings (SSSR count). The Kier molecular flexibility index (Phi) is 5.78. The fourth-order valence-corrected chi connectivity index (χ4v) is 4.31. The molecule has 172 valence electrons. The number of carbonyl (C=O) groups is 1. The standard InChI is InChI=1S/C25H25NO7/c1-15-23(33-17-7-5-16(6-8-17)25(28)29-2)22(27)19-9-10-21-20(24(19)32-15)13-26(14-31-21)12-18-4-3-11-30-18/h5-10,18H,3-4,11-14H2,1-2H3. The van der Waals surface area contributed by atoms with Gasteiger partial charge >= 0.3 is 5.97 Å². The Bertz CT molecular complexity index is 1240. The van der Waals surface area contributed by atoms with E-state index in [9.17, 15) is 9.59 Å². The molecule has 1 aromatic heterocycles. The first-order valence-corrected chi connectivity index (χ1v) is 11.0. The summed E-state index contributed by atoms with van der Waals surface area (Å²) >= 11 is 0. The van der Waals surface area contributed by atoms with Crippen molar-refractivity contribution in [3.8, 4) is 17.2 Å². The van der Waals surface area contributed by atoms with Gasteiger partial charge in [0.05, 0.1) is 29.7 Å². The molecule has 0 radical (unpaired) electrons. The average Bonchev–Trinajstić information content (AvgIpc) is 3.34. The van der Waals surface area contributed by atoms with E-state index in [1.807, 2.05) is 6.07 Å². The predicted octanol–water partition coefficient (Wildman–Crippen LogP) is 4.01. The summed E-state index contributed by atoms with van der Waals surface area (Å²) in [5, 5.41) is 0.433. The number of esters is 1. The molecule has 0 saturated carbocycles. The third kappa shape index (κ3) is 4.19. The van der Waals surface area contributed by atoms with E-state index in [-0.39, 0.29) is 17.3 Å². The zero-order valence-corrected chi connectivity index (χ0v) is 18.6. The van der Waals surface area contributed by atoms with E-state index in [0.29, 0.717) is 41.3 Å². The lowest BCUT2D eigenvalue weighted by atomic mass is 10.1. The minimum Gasteiger partial charge on any atom is -0.478 e. The number of hydrogen-bond acceptors (Lipinski definition) is 8. The van der Waals surface area contributed by atoms with Crippen LogP contribution in [0.4, 0.5) is 0 Å². The van der Waals surface area contributed by atoms with Crippen molar-refractivity contribution in [1.82, 2.24) is 4.90 Å². The summed E-state index contributed by atoms with van der Waals surface area (Å²) in [5.41, 5.74) is 1.50. The van der Waals surface area contributed by atoms with Crippen molar-refractivity contribution < 1.29 is 28.2 Å². The molecular formula is C25H25NO7. The fraction of sp³-hybridized carbons (Fsp3) is 0.360. The summed E-state index contributed by atoms with van der Waals surface area (Å²) in [6.45, 7) is 4.38. The molecule has 33 heavy (non-hydrogen) atoms. The lowest BCUT2D eigenvalue weighted by Gasteiger charge is -2.30. The molecule has 1 unspecified atom stereocenters. The minimum absolute atomic E-state index is 0.112. The lowest BCUT2D eigenvalue weighted by molar-refractivity contribution is 0.0281. The minimum atomic E-state index is -0.441. The molecule has 0 N–H and O–H groups in total. The van der Waals surface area contributed by atoms with Gasteiger partial charge in [-0.2, -0.15) is 0 Å². The maximum absolute atomic E-state index is 13.3. The van der Waals surface area contributed by atoms with Crippen LogP contribution < -0.4 is 14.9 Å². The highest BCUT2D eigenvalue weighted by atomic mass is 16.5. The number of hydrogen-bond donors (Lipinski definition) is 0. The van der Waals surface area contributed by atoms with Crippen LogP contribution in [0.25, 0.3) is 11.0 Å². The summed E-state index contributed by atoms with van der Waals surface area (Å²) in [6.07, 6.45) is 2.35. The van der Waals surface area contributed by atoms with Crippen LogP contribution in [-0.2, 0) is 16.0 Å². The van der Waals surface area contributed by atoms with Crippen LogP contribution in [-0.4, -0.2) is 44.0 Å². The second-order valence-electron chi connectivity index (χ2n) is 8.27. The topological polar surface area (TPSA) is 87.4 Å². The maximum atomic E-state index is 13.3. The molecule has 1 saturated heterocycles. The van der Waals surface area contributed by atoms with Crippen molar-refractivity contribution >= 4 is 16.9 Å². The third-order valence-corrected chi connectivity index (χ3v) is 6.01. The van der Waals surface area contributed by atoms with Gasteiger partial charge in [0.25, 0.3) is 0 Å². The van der Waals surface area contributed by atoms with Gasteiger partial charge in [-0.1, -0.05) is 0 Å². The molecular weight excluding hydrogens is 426 g/mol. The van der Waals surface area contributed by atoms with Crippen molar-refractivity contribution in [2.45, 2.75) is 32.4 Å². The molecule has 3 aromatic rings. The number of methoxy groups -OCH3 is 1. The van der Waals surface area contributed by atoms with Gasteiger partial charge in [0, 0.05) is 19.7 Å². The summed E-state index contributed by atoms with van der Waals surface area (Å²) < 4.78 is 28.4. The summed E-state index contributed by atoms with van der Waals surface area (Å²) in [6, 6.07) is 9.90. The first-order valence-electron chi connectivity index (χ1n) is 11.0. The van der Waals surface area contributed by atoms with Crippen LogP contribution >= 0.6 is 0 Å². The van der Waals surface area contributed by atoms with E-state index in [1.165, 1.54) is 7.11 Å². The first-order chi connectivity index (χ1) is 16.0. The molecule has 2 aromatic carbocycles. The Morgan fingerprint density at radius 2 is 2.00 bits per heavy atom. The van der Waals surface area contributed by atoms with Gasteiger partial charge in [-0.3, -0.25) is 9.69 Å². The summed E-state index contributed by atoms with van der Waals surface area (Å²) in [7, 11) is 1.32. The van der Waals surface area contributed by atoms with E-state index >= 15 is 0 Å². The number of carbonyl (C=O) groups excluding carboxylic acids is 1. The fourth-order valence-electron chi connectivity index (χ4n) is 4.31. The molecule has 0 amide bonds. The Labute approximate surface area is 190 Å². The van der Waals surface area contributed by atoms with Gasteiger partial charge < -0.3 is 23.4 Å². The zero-order chi connectivity index (χ0) is 22.9. The number of fused-ring (bicyclic) bond motifs is 3. The van der Waals surface area contributed by atoms with E-state index in [4.69, 9.17) is 23.4 Å². The summed E-state index contributed by atoms with van der Waals surface area (Å²) in [4.78, 5) is 27.1. The molecule has 8 nitrogen and oxygen atoms in total. The monoisotopic (exact) mass is 451 g/mol. The lowest BCUT2D eigenvalue weighted by Crippen LogP contribution is -2.37. The van der Waals surface area contributed by atoms with Crippen LogP contribution in [0.3, 0.4) is 0 Å². The number of rotatable bonds is 5. The van der Waals surface area contributed by atoms with Crippen LogP contribution in [0.15, 0.2) is 45.6 Å². The van der Waals surface area contributed by atoms with Crippen LogP contribution in [0.1, 0.15) is 34.5 Å². The zero-order valence-electron chi connectivity index (χ0n) is 18.6. The molecule has 2 aliphatic heterocycles. The Balaban J connectivity index is 1.44. The van der Waals surface area contributed by atoms with Crippen molar-refractivity contribution in [3.05, 3.63) is 63.5 Å². The third-order valence-electron chi connectivity index (χ3n) is 6.01. The maximum Gasteiger partial charge on any atom is 0.337 e. The van der Waals surface area contributed by atoms with Gasteiger partial charge in [-0.05, 0) is 56.2 Å². The van der Waals surface area contributed by atoms with Crippen molar-refractivity contribution in [1.29, 1.82) is 0 Å². The quantitative estimate of drug-likeness (QED) is 0.538.